The summed E-state index contributed by atoms with van der Waals surface area (Å²) in [5.41, 5.74) is 0.985. The van der Waals surface area contributed by atoms with Crippen LogP contribution in [0, 0.1) is 0 Å². The highest BCUT2D eigenvalue weighted by Crippen LogP contribution is 2.11. The van der Waals surface area contributed by atoms with Gasteiger partial charge >= 0.3 is 5.97 Å². The van der Waals surface area contributed by atoms with Crippen LogP contribution in [0.25, 0.3) is 5.65 Å². The van der Waals surface area contributed by atoms with Crippen molar-refractivity contribution in [2.45, 2.75) is 6.54 Å². The molecule has 2 aromatic rings. The van der Waals surface area contributed by atoms with Crippen molar-refractivity contribution in [2.24, 2.45) is 0 Å². The van der Waals surface area contributed by atoms with Crippen LogP contribution in [-0.4, -0.2) is 58.8 Å². The van der Waals surface area contributed by atoms with E-state index in [0.29, 0.717) is 17.8 Å². The van der Waals surface area contributed by atoms with Crippen molar-refractivity contribution >= 4 is 11.6 Å². The van der Waals surface area contributed by atoms with Gasteiger partial charge < -0.3 is 10.1 Å². The summed E-state index contributed by atoms with van der Waals surface area (Å²) in [6.45, 7) is 4.64. The molecule has 1 fully saturated rings. The average molecular weight is 275 g/mol. The zero-order chi connectivity index (χ0) is 13.9. The molecule has 0 bridgehead atoms. The minimum absolute atomic E-state index is 0.392. The molecule has 0 atom stereocenters. The van der Waals surface area contributed by atoms with Gasteiger partial charge in [0.1, 0.15) is 5.56 Å². The Bertz CT molecular complexity index is 618. The number of nitrogens with zero attached hydrogens (tertiary/aromatic N) is 4. The minimum atomic E-state index is -0.392. The van der Waals surface area contributed by atoms with Gasteiger partial charge in [0.2, 0.25) is 0 Å². The van der Waals surface area contributed by atoms with Gasteiger partial charge in [0.15, 0.2) is 11.5 Å². The SMILES string of the molecule is COC(=O)c1cccn2nc(CN3CCNCC3)nc12. The van der Waals surface area contributed by atoms with Gasteiger partial charge in [0, 0.05) is 32.4 Å². The van der Waals surface area contributed by atoms with Crippen LogP contribution in [0.3, 0.4) is 0 Å². The number of nitrogens with one attached hydrogen (secondary N) is 1. The van der Waals surface area contributed by atoms with E-state index in [-0.39, 0.29) is 0 Å². The second-order valence-corrected chi connectivity index (χ2v) is 4.74. The first kappa shape index (κ1) is 13.0. The Morgan fingerprint density at radius 1 is 1.45 bits per heavy atom. The van der Waals surface area contributed by atoms with Crippen LogP contribution in [0.4, 0.5) is 0 Å². The summed E-state index contributed by atoms with van der Waals surface area (Å²) < 4.78 is 6.39. The number of hydrogen-bond donors (Lipinski definition) is 1. The summed E-state index contributed by atoms with van der Waals surface area (Å²) in [7, 11) is 1.36. The number of methoxy groups -OCH3 is 1. The van der Waals surface area contributed by atoms with Gasteiger partial charge in [-0.1, -0.05) is 0 Å². The van der Waals surface area contributed by atoms with Crippen molar-refractivity contribution in [3.63, 3.8) is 0 Å². The van der Waals surface area contributed by atoms with Gasteiger partial charge in [0.05, 0.1) is 13.7 Å². The normalized spacial score (nSPS) is 16.4. The molecule has 1 aliphatic rings. The number of aromatic nitrogens is 3. The van der Waals surface area contributed by atoms with Crippen LogP contribution in [0.15, 0.2) is 18.3 Å². The molecule has 3 rings (SSSR count). The van der Waals surface area contributed by atoms with Crippen molar-refractivity contribution in [1.29, 1.82) is 0 Å². The molecule has 1 aliphatic heterocycles. The van der Waals surface area contributed by atoms with E-state index in [1.54, 1.807) is 22.8 Å². The fourth-order valence-electron chi connectivity index (χ4n) is 2.36. The molecule has 106 valence electrons. The van der Waals surface area contributed by atoms with E-state index in [1.807, 2.05) is 0 Å². The number of piperazine rings is 1. The lowest BCUT2D eigenvalue weighted by Gasteiger charge is -2.25. The number of carbonyl (C=O) groups is 1. The fraction of sp³-hybridized carbons (Fsp3) is 0.462. The highest BCUT2D eigenvalue weighted by molar-refractivity contribution is 5.95. The Hall–Kier alpha value is -1.99. The second-order valence-electron chi connectivity index (χ2n) is 4.74. The highest BCUT2D eigenvalue weighted by Gasteiger charge is 2.17. The number of pyridine rings is 1. The molecule has 1 saturated heterocycles. The van der Waals surface area contributed by atoms with Gasteiger partial charge in [0.25, 0.3) is 0 Å². The van der Waals surface area contributed by atoms with Crippen molar-refractivity contribution in [3.05, 3.63) is 29.7 Å². The lowest BCUT2D eigenvalue weighted by Crippen LogP contribution is -2.43. The first-order chi connectivity index (χ1) is 9.78. The maximum absolute atomic E-state index is 11.7. The van der Waals surface area contributed by atoms with Crippen molar-refractivity contribution < 1.29 is 9.53 Å². The molecule has 7 heteroatoms. The zero-order valence-electron chi connectivity index (χ0n) is 11.4. The van der Waals surface area contributed by atoms with Gasteiger partial charge in [-0.25, -0.2) is 14.3 Å². The molecule has 2 aromatic heterocycles. The molecule has 0 spiro atoms. The summed E-state index contributed by atoms with van der Waals surface area (Å²) in [5.74, 6) is 0.333. The van der Waals surface area contributed by atoms with E-state index in [4.69, 9.17) is 4.74 Å². The number of hydrogen-bond acceptors (Lipinski definition) is 6. The topological polar surface area (TPSA) is 71.8 Å². The highest BCUT2D eigenvalue weighted by atomic mass is 16.5. The third kappa shape index (κ3) is 2.50. The number of esters is 1. The monoisotopic (exact) mass is 275 g/mol. The maximum atomic E-state index is 11.7. The van der Waals surface area contributed by atoms with Crippen molar-refractivity contribution in [2.75, 3.05) is 33.3 Å². The smallest absolute Gasteiger partial charge is 0.341 e. The molecule has 3 heterocycles. The quantitative estimate of drug-likeness (QED) is 0.790. The first-order valence-corrected chi connectivity index (χ1v) is 6.63. The van der Waals surface area contributed by atoms with E-state index in [2.05, 4.69) is 20.3 Å². The zero-order valence-corrected chi connectivity index (χ0v) is 11.4. The van der Waals surface area contributed by atoms with E-state index < -0.39 is 5.97 Å². The Kier molecular flexibility index (Phi) is 3.62. The van der Waals surface area contributed by atoms with Crippen LogP contribution in [0.5, 0.6) is 0 Å². The summed E-state index contributed by atoms with van der Waals surface area (Å²) in [5, 5.41) is 7.73. The molecule has 0 aliphatic carbocycles. The minimum Gasteiger partial charge on any atom is -0.465 e. The van der Waals surface area contributed by atoms with E-state index in [9.17, 15) is 4.79 Å². The molecule has 0 aromatic carbocycles. The molecule has 0 saturated carbocycles. The van der Waals surface area contributed by atoms with E-state index >= 15 is 0 Å². The molecule has 7 nitrogen and oxygen atoms in total. The standard InChI is InChI=1S/C13H17N5O2/c1-20-13(19)10-3-2-6-18-12(10)15-11(16-18)9-17-7-4-14-5-8-17/h2-3,6,14H,4-5,7-9H2,1H3. The summed E-state index contributed by atoms with van der Waals surface area (Å²) in [6, 6.07) is 3.47. The van der Waals surface area contributed by atoms with Gasteiger partial charge in [-0.3, -0.25) is 4.90 Å². The van der Waals surface area contributed by atoms with Gasteiger partial charge in [-0.05, 0) is 12.1 Å². The molecule has 0 unspecified atom stereocenters. The Balaban J connectivity index is 1.88. The largest absolute Gasteiger partial charge is 0.465 e. The molecule has 0 radical (unpaired) electrons. The predicted molar refractivity (Wildman–Crippen MR) is 72.5 cm³/mol. The summed E-state index contributed by atoms with van der Waals surface area (Å²) in [6.07, 6.45) is 1.79. The molecule has 20 heavy (non-hydrogen) atoms. The van der Waals surface area contributed by atoms with Crippen LogP contribution in [0.1, 0.15) is 16.2 Å². The predicted octanol–water partition coefficient (Wildman–Crippen LogP) is -0.0789. The third-order valence-corrected chi connectivity index (χ3v) is 3.39. The van der Waals surface area contributed by atoms with Crippen LogP contribution < -0.4 is 5.32 Å². The number of rotatable bonds is 3. The number of carbonyl (C=O) groups excluding carboxylic acids is 1. The fourth-order valence-corrected chi connectivity index (χ4v) is 2.36. The van der Waals surface area contributed by atoms with E-state index in [0.717, 1.165) is 32.0 Å². The Morgan fingerprint density at radius 2 is 2.25 bits per heavy atom. The lowest BCUT2D eigenvalue weighted by atomic mass is 10.3. The second kappa shape index (κ2) is 5.56. The van der Waals surface area contributed by atoms with Gasteiger partial charge in [-0.2, -0.15) is 0 Å². The first-order valence-electron chi connectivity index (χ1n) is 6.63. The molecular weight excluding hydrogens is 258 g/mol. The Labute approximate surface area is 116 Å². The number of fused-ring (bicyclic) bond motifs is 1. The van der Waals surface area contributed by atoms with E-state index in [1.165, 1.54) is 7.11 Å². The molecule has 0 amide bonds. The van der Waals surface area contributed by atoms with Gasteiger partial charge in [-0.15, -0.1) is 5.10 Å². The summed E-state index contributed by atoms with van der Waals surface area (Å²) in [4.78, 5) is 18.5. The lowest BCUT2D eigenvalue weighted by molar-refractivity contribution is 0.0602. The number of ether oxygens (including phenoxy) is 1. The Morgan fingerprint density at radius 3 is 3.00 bits per heavy atom. The van der Waals surface area contributed by atoms with Crippen molar-refractivity contribution in [3.8, 4) is 0 Å². The maximum Gasteiger partial charge on any atom is 0.341 e. The van der Waals surface area contributed by atoms with Crippen molar-refractivity contribution in [1.82, 2.24) is 24.8 Å². The molecule has 1 N–H and O–H groups in total. The van der Waals surface area contributed by atoms with Crippen LogP contribution in [-0.2, 0) is 11.3 Å². The summed E-state index contributed by atoms with van der Waals surface area (Å²) >= 11 is 0. The van der Waals surface area contributed by atoms with Crippen LogP contribution >= 0.6 is 0 Å². The van der Waals surface area contributed by atoms with Crippen LogP contribution in [0.2, 0.25) is 0 Å². The third-order valence-electron chi connectivity index (χ3n) is 3.39. The molecular formula is C13H17N5O2. The average Bonchev–Trinajstić information content (AvgIpc) is 2.89.